The van der Waals surface area contributed by atoms with Gasteiger partial charge in [0.05, 0.1) is 5.60 Å². The Hall–Kier alpha value is -0.970. The van der Waals surface area contributed by atoms with Crippen LogP contribution in [0.15, 0.2) is 24.5 Å². The predicted octanol–water partition coefficient (Wildman–Crippen LogP) is 2.46. The van der Waals surface area contributed by atoms with Crippen LogP contribution in [0.3, 0.4) is 0 Å². The van der Waals surface area contributed by atoms with E-state index in [0.717, 1.165) is 45.5 Å². The quantitative estimate of drug-likeness (QED) is 0.921. The number of hydrogen-bond acceptors (Lipinski definition) is 4. The second kappa shape index (κ2) is 6.20. The molecule has 3 heterocycles. The van der Waals surface area contributed by atoms with E-state index in [1.807, 2.05) is 12.4 Å². The Morgan fingerprint density at radius 2 is 2.00 bits per heavy atom. The molecule has 1 aromatic heterocycles. The van der Waals surface area contributed by atoms with Crippen molar-refractivity contribution in [1.29, 1.82) is 0 Å². The van der Waals surface area contributed by atoms with Gasteiger partial charge in [0.15, 0.2) is 0 Å². The Morgan fingerprint density at radius 3 is 2.75 bits per heavy atom. The maximum atomic E-state index is 6.09. The van der Waals surface area contributed by atoms with Gasteiger partial charge in [0.2, 0.25) is 0 Å². The first-order chi connectivity index (χ1) is 9.77. The third-order valence-electron chi connectivity index (χ3n) is 4.59. The molecule has 2 atom stereocenters. The van der Waals surface area contributed by atoms with Crippen molar-refractivity contribution in [3.05, 3.63) is 30.1 Å². The summed E-state index contributed by atoms with van der Waals surface area (Å²) in [5.74, 6) is 0. The molecule has 0 aromatic carbocycles. The van der Waals surface area contributed by atoms with E-state index < -0.39 is 0 Å². The third kappa shape index (κ3) is 3.19. The molecule has 2 fully saturated rings. The lowest BCUT2D eigenvalue weighted by molar-refractivity contribution is -0.140. The lowest BCUT2D eigenvalue weighted by atomic mass is 9.84. The van der Waals surface area contributed by atoms with Gasteiger partial charge in [0.1, 0.15) is 0 Å². The largest absolute Gasteiger partial charge is 0.381 e. The van der Waals surface area contributed by atoms with Crippen LogP contribution in [-0.4, -0.2) is 36.4 Å². The van der Waals surface area contributed by atoms with Crippen molar-refractivity contribution in [2.75, 3.05) is 19.8 Å². The molecule has 0 saturated carbocycles. The Bertz CT molecular complexity index is 412. The van der Waals surface area contributed by atoms with E-state index in [9.17, 15) is 0 Å². The monoisotopic (exact) mass is 276 g/mol. The molecular weight excluding hydrogens is 252 g/mol. The van der Waals surface area contributed by atoms with Gasteiger partial charge in [0, 0.05) is 44.3 Å². The van der Waals surface area contributed by atoms with E-state index in [2.05, 4.69) is 29.4 Å². The number of nitrogens with one attached hydrogen (secondary N) is 1. The third-order valence-corrected chi connectivity index (χ3v) is 4.59. The molecule has 0 radical (unpaired) electrons. The van der Waals surface area contributed by atoms with Gasteiger partial charge in [-0.2, -0.15) is 0 Å². The van der Waals surface area contributed by atoms with Gasteiger partial charge in [-0.25, -0.2) is 0 Å². The summed E-state index contributed by atoms with van der Waals surface area (Å²) < 4.78 is 11.6. The Morgan fingerprint density at radius 1 is 1.25 bits per heavy atom. The van der Waals surface area contributed by atoms with Crippen molar-refractivity contribution >= 4 is 0 Å². The summed E-state index contributed by atoms with van der Waals surface area (Å²) >= 11 is 0. The molecule has 2 aliphatic heterocycles. The van der Waals surface area contributed by atoms with Gasteiger partial charge < -0.3 is 14.8 Å². The van der Waals surface area contributed by atoms with Crippen LogP contribution in [0.2, 0.25) is 0 Å². The van der Waals surface area contributed by atoms with Gasteiger partial charge in [-0.05, 0) is 50.3 Å². The van der Waals surface area contributed by atoms with Crippen LogP contribution < -0.4 is 5.32 Å². The van der Waals surface area contributed by atoms with E-state index in [1.165, 1.54) is 5.56 Å². The average Bonchev–Trinajstić information content (AvgIpc) is 2.49. The molecule has 110 valence electrons. The molecule has 4 heteroatoms. The van der Waals surface area contributed by atoms with Crippen molar-refractivity contribution in [3.63, 3.8) is 0 Å². The molecular formula is C16H24N2O2. The standard InChI is InChI=1S/C16H24N2O2/c1-13(14-2-7-17-8-3-14)18-15-4-9-20-16(12-15)5-10-19-11-6-16/h2-3,7-8,13,15,18H,4-6,9-12H2,1H3/t13-,15?/m1/s1. The van der Waals surface area contributed by atoms with Crippen LogP contribution in [-0.2, 0) is 9.47 Å². The van der Waals surface area contributed by atoms with Crippen LogP contribution >= 0.6 is 0 Å². The van der Waals surface area contributed by atoms with Gasteiger partial charge in [-0.3, -0.25) is 4.98 Å². The van der Waals surface area contributed by atoms with E-state index in [4.69, 9.17) is 9.47 Å². The molecule has 1 aromatic rings. The van der Waals surface area contributed by atoms with Crippen molar-refractivity contribution in [2.24, 2.45) is 0 Å². The summed E-state index contributed by atoms with van der Waals surface area (Å²) in [6, 6.07) is 5.06. The second-order valence-electron chi connectivity index (χ2n) is 6.00. The first-order valence-corrected chi connectivity index (χ1v) is 7.65. The second-order valence-corrected chi connectivity index (χ2v) is 6.00. The minimum Gasteiger partial charge on any atom is -0.381 e. The normalized spacial score (nSPS) is 27.4. The van der Waals surface area contributed by atoms with Crippen molar-refractivity contribution < 1.29 is 9.47 Å². The molecule has 0 bridgehead atoms. The molecule has 20 heavy (non-hydrogen) atoms. The summed E-state index contributed by atoms with van der Waals surface area (Å²) in [5.41, 5.74) is 1.36. The van der Waals surface area contributed by atoms with Crippen LogP contribution in [0.25, 0.3) is 0 Å². The van der Waals surface area contributed by atoms with Gasteiger partial charge in [-0.15, -0.1) is 0 Å². The fraction of sp³-hybridized carbons (Fsp3) is 0.688. The highest BCUT2D eigenvalue weighted by Gasteiger charge is 2.39. The summed E-state index contributed by atoms with van der Waals surface area (Å²) in [5, 5.41) is 3.76. The van der Waals surface area contributed by atoms with Gasteiger partial charge >= 0.3 is 0 Å². The fourth-order valence-corrected chi connectivity index (χ4v) is 3.36. The number of rotatable bonds is 3. The zero-order valence-electron chi connectivity index (χ0n) is 12.2. The summed E-state index contributed by atoms with van der Waals surface area (Å²) in [7, 11) is 0. The van der Waals surface area contributed by atoms with Crippen LogP contribution in [0, 0.1) is 0 Å². The smallest absolute Gasteiger partial charge is 0.0741 e. The zero-order valence-corrected chi connectivity index (χ0v) is 12.2. The summed E-state index contributed by atoms with van der Waals surface area (Å²) in [4.78, 5) is 4.08. The van der Waals surface area contributed by atoms with Crippen LogP contribution in [0.5, 0.6) is 0 Å². The number of aromatic nitrogens is 1. The highest BCUT2D eigenvalue weighted by atomic mass is 16.5. The van der Waals surface area contributed by atoms with Crippen LogP contribution in [0.1, 0.15) is 44.2 Å². The predicted molar refractivity (Wildman–Crippen MR) is 77.5 cm³/mol. The Labute approximate surface area is 120 Å². The lowest BCUT2D eigenvalue weighted by Gasteiger charge is -2.44. The van der Waals surface area contributed by atoms with Gasteiger partial charge in [-0.1, -0.05) is 0 Å². The van der Waals surface area contributed by atoms with E-state index >= 15 is 0 Å². The molecule has 3 rings (SSSR count). The number of hydrogen-bond donors (Lipinski definition) is 1. The Kier molecular flexibility index (Phi) is 4.34. The fourth-order valence-electron chi connectivity index (χ4n) is 3.36. The summed E-state index contributed by atoms with van der Waals surface area (Å²) in [6.07, 6.45) is 7.99. The molecule has 0 aliphatic carbocycles. The molecule has 0 amide bonds. The molecule has 1 N–H and O–H groups in total. The SMILES string of the molecule is C[C@@H](NC1CCOC2(CCOCC2)C1)c1ccncc1. The van der Waals surface area contributed by atoms with Gasteiger partial charge in [0.25, 0.3) is 0 Å². The summed E-state index contributed by atoms with van der Waals surface area (Å²) in [6.45, 7) is 4.77. The topological polar surface area (TPSA) is 43.4 Å². The van der Waals surface area contributed by atoms with E-state index in [-0.39, 0.29) is 5.60 Å². The van der Waals surface area contributed by atoms with Crippen LogP contribution in [0.4, 0.5) is 0 Å². The number of ether oxygens (including phenoxy) is 2. The van der Waals surface area contributed by atoms with E-state index in [0.29, 0.717) is 12.1 Å². The maximum Gasteiger partial charge on any atom is 0.0741 e. The maximum absolute atomic E-state index is 6.09. The van der Waals surface area contributed by atoms with Crippen molar-refractivity contribution in [1.82, 2.24) is 10.3 Å². The zero-order chi connectivity index (χ0) is 13.8. The Balaban J connectivity index is 1.60. The minimum atomic E-state index is 0.0616. The molecule has 1 spiro atoms. The lowest BCUT2D eigenvalue weighted by Crippen LogP contribution is -2.50. The molecule has 2 saturated heterocycles. The first-order valence-electron chi connectivity index (χ1n) is 7.65. The number of nitrogens with zero attached hydrogens (tertiary/aromatic N) is 1. The molecule has 1 unspecified atom stereocenters. The van der Waals surface area contributed by atoms with Crippen molar-refractivity contribution in [3.8, 4) is 0 Å². The first kappa shape index (κ1) is 14.0. The van der Waals surface area contributed by atoms with Crippen molar-refractivity contribution in [2.45, 2.75) is 50.3 Å². The average molecular weight is 276 g/mol. The highest BCUT2D eigenvalue weighted by molar-refractivity contribution is 5.14. The molecule has 2 aliphatic rings. The highest BCUT2D eigenvalue weighted by Crippen LogP contribution is 2.34. The van der Waals surface area contributed by atoms with E-state index in [1.54, 1.807) is 0 Å². The number of pyridine rings is 1. The minimum absolute atomic E-state index is 0.0616. The molecule has 4 nitrogen and oxygen atoms in total.